The van der Waals surface area contributed by atoms with Crippen LogP contribution in [-0.4, -0.2) is 53.0 Å². The molecule has 1 heterocycles. The molecule has 4 fully saturated rings. The maximum absolute atomic E-state index is 7.22. The zero-order valence-electron chi connectivity index (χ0n) is 23.2. The number of epoxide rings is 1. The first kappa shape index (κ1) is 29.0. The lowest BCUT2D eigenvalue weighted by Gasteiger charge is -2.40. The van der Waals surface area contributed by atoms with Crippen molar-refractivity contribution in [3.05, 3.63) is 0 Å². The third kappa shape index (κ3) is 11.4. The van der Waals surface area contributed by atoms with Crippen LogP contribution in [0.3, 0.4) is 0 Å². The monoisotopic (exact) mass is 524 g/mol. The summed E-state index contributed by atoms with van der Waals surface area (Å²) in [6, 6.07) is 0.905. The first-order chi connectivity index (χ1) is 17.8. The van der Waals surface area contributed by atoms with Crippen LogP contribution in [0, 0.1) is 0 Å². The smallest absolute Gasteiger partial charge is 0.379 e. The highest BCUT2D eigenvalue weighted by atomic mass is 28.4. The van der Waals surface area contributed by atoms with Crippen LogP contribution in [-0.2, 0) is 22.8 Å². The second-order valence-electron chi connectivity index (χ2n) is 12.1. The second kappa shape index (κ2) is 16.9. The lowest BCUT2D eigenvalue weighted by Crippen LogP contribution is -2.53. The molecular weight excluding hydrogens is 468 g/mol. The topological polar surface area (TPSA) is 49.5 Å². The van der Waals surface area contributed by atoms with Crippen molar-refractivity contribution in [2.24, 2.45) is 0 Å². The fraction of sp³-hybridized carbons (Fsp3) is 1.00. The predicted molar refractivity (Wildman–Crippen MR) is 147 cm³/mol. The SMILES string of the molecule is C1CCCC(O[Si](CCCOCC2CO2)(OC2CCCCCCC2)OC2CCCCCCC2)CCC1. The van der Waals surface area contributed by atoms with Crippen molar-refractivity contribution >= 4 is 8.80 Å². The summed E-state index contributed by atoms with van der Waals surface area (Å²) in [6.45, 7) is 2.34. The Hall–Kier alpha value is 0.0169. The lowest BCUT2D eigenvalue weighted by atomic mass is 9.99. The van der Waals surface area contributed by atoms with Crippen molar-refractivity contribution in [1.82, 2.24) is 0 Å². The maximum atomic E-state index is 7.22. The molecule has 1 unspecified atom stereocenters. The van der Waals surface area contributed by atoms with Gasteiger partial charge in [-0.2, -0.15) is 0 Å². The molecular formula is C30H56O5Si. The molecule has 1 aliphatic heterocycles. The van der Waals surface area contributed by atoms with Gasteiger partial charge in [-0.25, -0.2) is 0 Å². The van der Waals surface area contributed by atoms with E-state index in [-0.39, 0.29) is 0 Å². The Labute approximate surface area is 223 Å². The van der Waals surface area contributed by atoms with Gasteiger partial charge in [-0.1, -0.05) is 96.3 Å². The van der Waals surface area contributed by atoms with Gasteiger partial charge in [-0.15, -0.1) is 0 Å². The van der Waals surface area contributed by atoms with Crippen molar-refractivity contribution in [2.75, 3.05) is 19.8 Å². The number of hydrogen-bond donors (Lipinski definition) is 0. The van der Waals surface area contributed by atoms with E-state index in [1.54, 1.807) is 0 Å². The number of ether oxygens (including phenoxy) is 2. The summed E-state index contributed by atoms with van der Waals surface area (Å²) >= 11 is 0. The molecule has 0 amide bonds. The molecule has 0 radical (unpaired) electrons. The van der Waals surface area contributed by atoms with Crippen molar-refractivity contribution in [2.45, 2.75) is 172 Å². The van der Waals surface area contributed by atoms with Crippen LogP contribution in [0.2, 0.25) is 6.04 Å². The van der Waals surface area contributed by atoms with Crippen LogP contribution in [0.1, 0.15) is 141 Å². The molecule has 4 rings (SSSR count). The molecule has 0 aromatic carbocycles. The van der Waals surface area contributed by atoms with E-state index in [1.807, 2.05) is 0 Å². The largest absolute Gasteiger partial charge is 0.501 e. The van der Waals surface area contributed by atoms with Crippen LogP contribution >= 0.6 is 0 Å². The van der Waals surface area contributed by atoms with E-state index in [0.29, 0.717) is 24.4 Å². The van der Waals surface area contributed by atoms with Gasteiger partial charge >= 0.3 is 8.80 Å². The van der Waals surface area contributed by atoms with Gasteiger partial charge in [0.15, 0.2) is 0 Å². The van der Waals surface area contributed by atoms with Gasteiger partial charge in [-0.3, -0.25) is 0 Å². The Morgan fingerprint density at radius 1 is 0.528 bits per heavy atom. The summed E-state index contributed by atoms with van der Waals surface area (Å²) in [4.78, 5) is 0. The van der Waals surface area contributed by atoms with Crippen molar-refractivity contribution in [3.8, 4) is 0 Å². The summed E-state index contributed by atoms with van der Waals surface area (Å²) in [7, 11) is -2.85. The van der Waals surface area contributed by atoms with Gasteiger partial charge in [0.2, 0.25) is 0 Å². The minimum Gasteiger partial charge on any atom is -0.379 e. The third-order valence-corrected chi connectivity index (χ3v) is 11.7. The van der Waals surface area contributed by atoms with Gasteiger partial charge in [0, 0.05) is 31.0 Å². The number of rotatable bonds is 12. The van der Waals surface area contributed by atoms with Gasteiger partial charge in [0.05, 0.1) is 13.2 Å². The van der Waals surface area contributed by atoms with E-state index in [0.717, 1.165) is 32.3 Å². The van der Waals surface area contributed by atoms with Crippen LogP contribution in [0.15, 0.2) is 0 Å². The minimum atomic E-state index is -2.85. The Morgan fingerprint density at radius 3 is 1.25 bits per heavy atom. The highest BCUT2D eigenvalue weighted by molar-refractivity contribution is 6.60. The summed E-state index contributed by atoms with van der Waals surface area (Å²) in [5, 5.41) is 0. The highest BCUT2D eigenvalue weighted by Gasteiger charge is 2.47. The molecule has 6 heteroatoms. The fourth-order valence-corrected chi connectivity index (χ4v) is 9.73. The van der Waals surface area contributed by atoms with Gasteiger partial charge in [0.1, 0.15) is 6.10 Å². The van der Waals surface area contributed by atoms with Crippen LogP contribution in [0.5, 0.6) is 0 Å². The van der Waals surface area contributed by atoms with Crippen LogP contribution in [0.4, 0.5) is 0 Å². The average Bonchev–Trinajstić information content (AvgIpc) is 3.63. The Kier molecular flexibility index (Phi) is 13.6. The van der Waals surface area contributed by atoms with Gasteiger partial charge in [-0.05, 0) is 44.9 Å². The highest BCUT2D eigenvalue weighted by Crippen LogP contribution is 2.33. The molecule has 36 heavy (non-hydrogen) atoms. The predicted octanol–water partition coefficient (Wildman–Crippen LogP) is 8.12. The molecule has 0 N–H and O–H groups in total. The second-order valence-corrected chi connectivity index (χ2v) is 14.6. The molecule has 1 saturated heterocycles. The molecule has 1 atom stereocenters. The molecule has 5 nitrogen and oxygen atoms in total. The first-order valence-electron chi connectivity index (χ1n) is 16.0. The average molecular weight is 525 g/mol. The Balaban J connectivity index is 1.47. The van der Waals surface area contributed by atoms with E-state index in [9.17, 15) is 0 Å². The number of hydrogen-bond acceptors (Lipinski definition) is 5. The fourth-order valence-electron chi connectivity index (χ4n) is 6.40. The molecule has 3 aliphatic carbocycles. The molecule has 0 aromatic heterocycles. The molecule has 4 aliphatic rings. The third-order valence-electron chi connectivity index (χ3n) is 8.67. The summed E-state index contributed by atoms with van der Waals surface area (Å²) < 4.78 is 33.0. The summed E-state index contributed by atoms with van der Waals surface area (Å²) in [6.07, 6.45) is 29.2. The van der Waals surface area contributed by atoms with E-state index in [4.69, 9.17) is 22.8 Å². The van der Waals surface area contributed by atoms with E-state index in [1.165, 1.54) is 135 Å². The van der Waals surface area contributed by atoms with Gasteiger partial charge < -0.3 is 22.8 Å². The Morgan fingerprint density at radius 2 is 0.889 bits per heavy atom. The van der Waals surface area contributed by atoms with E-state index >= 15 is 0 Å². The van der Waals surface area contributed by atoms with Gasteiger partial charge in [0.25, 0.3) is 0 Å². The maximum Gasteiger partial charge on any atom is 0.501 e. The molecule has 0 bridgehead atoms. The zero-order chi connectivity index (χ0) is 24.7. The summed E-state index contributed by atoms with van der Waals surface area (Å²) in [5.74, 6) is 0. The lowest BCUT2D eigenvalue weighted by molar-refractivity contribution is -0.0361. The Bertz CT molecular complexity index is 488. The normalized spacial score (nSPS) is 26.8. The first-order valence-corrected chi connectivity index (χ1v) is 18.0. The standard InChI is InChI=1S/C30H56O5Si/c1-4-10-17-27(18-11-5-1)33-36(24-16-23-31-25-30-26-32-30,34-28-19-12-6-2-7-13-20-28)35-29-21-14-8-3-9-15-22-29/h27-30H,1-26H2. The molecule has 3 saturated carbocycles. The molecule has 0 spiro atoms. The zero-order valence-corrected chi connectivity index (χ0v) is 24.2. The van der Waals surface area contributed by atoms with Crippen molar-refractivity contribution in [1.29, 1.82) is 0 Å². The van der Waals surface area contributed by atoms with Crippen LogP contribution < -0.4 is 0 Å². The van der Waals surface area contributed by atoms with Crippen molar-refractivity contribution in [3.63, 3.8) is 0 Å². The minimum absolute atomic E-state index is 0.305. The quantitative estimate of drug-likeness (QED) is 0.147. The molecule has 0 aromatic rings. The molecule has 210 valence electrons. The van der Waals surface area contributed by atoms with Crippen molar-refractivity contribution < 1.29 is 22.8 Å². The van der Waals surface area contributed by atoms with E-state index in [2.05, 4.69) is 0 Å². The summed E-state index contributed by atoms with van der Waals surface area (Å²) in [5.41, 5.74) is 0. The van der Waals surface area contributed by atoms with Crippen LogP contribution in [0.25, 0.3) is 0 Å². The van der Waals surface area contributed by atoms with E-state index < -0.39 is 8.80 Å².